The summed E-state index contributed by atoms with van der Waals surface area (Å²) in [6.45, 7) is 2.85. The van der Waals surface area contributed by atoms with Gasteiger partial charge in [-0.15, -0.1) is 0 Å². The van der Waals surface area contributed by atoms with Crippen LogP contribution in [0.3, 0.4) is 0 Å². The molecule has 0 amide bonds. The molecule has 0 fully saturated rings. The Labute approximate surface area is 130 Å². The number of halogens is 2. The van der Waals surface area contributed by atoms with Gasteiger partial charge in [-0.25, -0.2) is 9.97 Å². The van der Waals surface area contributed by atoms with Gasteiger partial charge in [-0.05, 0) is 41.1 Å². The van der Waals surface area contributed by atoms with Gasteiger partial charge in [0.05, 0.1) is 5.02 Å². The Morgan fingerprint density at radius 1 is 1.35 bits per heavy atom. The first kappa shape index (κ1) is 15.0. The third kappa shape index (κ3) is 4.06. The van der Waals surface area contributed by atoms with Gasteiger partial charge in [-0.2, -0.15) is 0 Å². The summed E-state index contributed by atoms with van der Waals surface area (Å²) in [5.41, 5.74) is 6.61. The fourth-order valence-corrected chi connectivity index (χ4v) is 2.06. The molecule has 0 saturated carbocycles. The molecule has 0 atom stereocenters. The SMILES string of the molecule is CCOCc1nc(N)cc(Nc2ccc(Cl)c(Br)c2)n1. The van der Waals surface area contributed by atoms with Crippen molar-refractivity contribution in [2.45, 2.75) is 13.5 Å². The highest BCUT2D eigenvalue weighted by Crippen LogP contribution is 2.27. The van der Waals surface area contributed by atoms with E-state index in [2.05, 4.69) is 31.2 Å². The molecular formula is C13H14BrClN4O. The van der Waals surface area contributed by atoms with Crippen LogP contribution in [0.25, 0.3) is 0 Å². The van der Waals surface area contributed by atoms with E-state index in [1.165, 1.54) is 0 Å². The van der Waals surface area contributed by atoms with Crippen LogP contribution in [-0.4, -0.2) is 16.6 Å². The normalized spacial score (nSPS) is 10.6. The Morgan fingerprint density at radius 2 is 2.15 bits per heavy atom. The van der Waals surface area contributed by atoms with Crippen LogP contribution in [0.5, 0.6) is 0 Å². The van der Waals surface area contributed by atoms with Crippen molar-refractivity contribution in [1.29, 1.82) is 0 Å². The van der Waals surface area contributed by atoms with Gasteiger partial charge in [0.2, 0.25) is 0 Å². The number of nitrogens with two attached hydrogens (primary N) is 1. The minimum absolute atomic E-state index is 0.334. The van der Waals surface area contributed by atoms with Gasteiger partial charge in [0.15, 0.2) is 5.82 Å². The molecule has 1 heterocycles. The van der Waals surface area contributed by atoms with E-state index in [0.717, 1.165) is 10.2 Å². The van der Waals surface area contributed by atoms with Crippen LogP contribution in [0, 0.1) is 0 Å². The molecule has 0 unspecified atom stereocenters. The number of nitrogens with one attached hydrogen (secondary N) is 1. The number of anilines is 3. The van der Waals surface area contributed by atoms with Crippen molar-refractivity contribution < 1.29 is 4.74 Å². The monoisotopic (exact) mass is 356 g/mol. The highest BCUT2D eigenvalue weighted by Gasteiger charge is 2.05. The van der Waals surface area contributed by atoms with E-state index in [0.29, 0.717) is 35.7 Å². The Hall–Kier alpha value is -1.37. The highest BCUT2D eigenvalue weighted by atomic mass is 79.9. The lowest BCUT2D eigenvalue weighted by atomic mass is 10.3. The fourth-order valence-electron chi connectivity index (χ4n) is 1.56. The Bertz CT molecular complexity index is 609. The van der Waals surface area contributed by atoms with Crippen molar-refractivity contribution in [2.24, 2.45) is 0 Å². The third-order valence-electron chi connectivity index (χ3n) is 2.42. The van der Waals surface area contributed by atoms with Gasteiger partial charge >= 0.3 is 0 Å². The Kier molecular flexibility index (Phi) is 5.17. The van der Waals surface area contributed by atoms with Crippen molar-refractivity contribution >= 4 is 44.9 Å². The molecule has 0 saturated heterocycles. The summed E-state index contributed by atoms with van der Waals surface area (Å²) in [6, 6.07) is 7.17. The second-order valence-electron chi connectivity index (χ2n) is 3.99. The standard InChI is InChI=1S/C13H14BrClN4O/c1-2-20-7-13-18-11(16)6-12(19-13)17-8-3-4-10(15)9(14)5-8/h3-6H,2,7H2,1H3,(H3,16,17,18,19). The molecule has 2 rings (SSSR count). The van der Waals surface area contributed by atoms with Crippen molar-refractivity contribution in [3.63, 3.8) is 0 Å². The van der Waals surface area contributed by atoms with Gasteiger partial charge < -0.3 is 15.8 Å². The first-order valence-electron chi connectivity index (χ1n) is 6.01. The van der Waals surface area contributed by atoms with Crippen LogP contribution in [0.4, 0.5) is 17.3 Å². The molecule has 5 nitrogen and oxygen atoms in total. The smallest absolute Gasteiger partial charge is 0.158 e. The van der Waals surface area contributed by atoms with Crippen LogP contribution in [0.1, 0.15) is 12.7 Å². The van der Waals surface area contributed by atoms with Crippen LogP contribution in [0.2, 0.25) is 5.02 Å². The molecule has 0 radical (unpaired) electrons. The quantitative estimate of drug-likeness (QED) is 0.852. The number of benzene rings is 1. The number of rotatable bonds is 5. The first-order valence-corrected chi connectivity index (χ1v) is 7.19. The molecule has 1 aromatic carbocycles. The number of aromatic nitrogens is 2. The minimum Gasteiger partial charge on any atom is -0.384 e. The molecule has 106 valence electrons. The lowest BCUT2D eigenvalue weighted by Gasteiger charge is -2.09. The molecule has 0 aliphatic carbocycles. The Morgan fingerprint density at radius 3 is 2.85 bits per heavy atom. The van der Waals surface area contributed by atoms with Crippen LogP contribution in [-0.2, 0) is 11.3 Å². The average molecular weight is 358 g/mol. The summed E-state index contributed by atoms with van der Waals surface area (Å²) in [6.07, 6.45) is 0. The zero-order valence-corrected chi connectivity index (χ0v) is 13.2. The molecule has 0 spiro atoms. The molecule has 20 heavy (non-hydrogen) atoms. The van der Waals surface area contributed by atoms with E-state index in [1.807, 2.05) is 19.1 Å². The van der Waals surface area contributed by atoms with Crippen LogP contribution in [0.15, 0.2) is 28.7 Å². The Balaban J connectivity index is 2.19. The van der Waals surface area contributed by atoms with Gasteiger partial charge in [-0.1, -0.05) is 11.6 Å². The molecular weight excluding hydrogens is 344 g/mol. The molecule has 0 aliphatic heterocycles. The van der Waals surface area contributed by atoms with E-state index in [9.17, 15) is 0 Å². The molecule has 0 bridgehead atoms. The first-order chi connectivity index (χ1) is 9.58. The maximum atomic E-state index is 5.95. The summed E-state index contributed by atoms with van der Waals surface area (Å²) in [4.78, 5) is 8.46. The maximum Gasteiger partial charge on any atom is 0.158 e. The second-order valence-corrected chi connectivity index (χ2v) is 5.25. The molecule has 1 aromatic heterocycles. The molecule has 7 heteroatoms. The van der Waals surface area contributed by atoms with Crippen molar-refractivity contribution in [1.82, 2.24) is 9.97 Å². The van der Waals surface area contributed by atoms with Crippen molar-refractivity contribution in [3.05, 3.63) is 39.6 Å². The van der Waals surface area contributed by atoms with Gasteiger partial charge in [0, 0.05) is 22.8 Å². The minimum atomic E-state index is 0.334. The summed E-state index contributed by atoms with van der Waals surface area (Å²) in [5.74, 6) is 1.55. The summed E-state index contributed by atoms with van der Waals surface area (Å²) >= 11 is 9.33. The zero-order valence-electron chi connectivity index (χ0n) is 10.9. The lowest BCUT2D eigenvalue weighted by molar-refractivity contribution is 0.128. The molecule has 0 aliphatic rings. The van der Waals surface area contributed by atoms with Crippen LogP contribution >= 0.6 is 27.5 Å². The average Bonchev–Trinajstić information content (AvgIpc) is 2.40. The van der Waals surface area contributed by atoms with Crippen molar-refractivity contribution in [2.75, 3.05) is 17.7 Å². The number of nitrogen functional groups attached to an aromatic ring is 1. The van der Waals surface area contributed by atoms with E-state index in [1.54, 1.807) is 12.1 Å². The summed E-state index contributed by atoms with van der Waals surface area (Å²) in [5, 5.41) is 3.80. The van der Waals surface area contributed by atoms with E-state index in [-0.39, 0.29) is 0 Å². The number of hydrogen-bond acceptors (Lipinski definition) is 5. The largest absolute Gasteiger partial charge is 0.384 e. The van der Waals surface area contributed by atoms with Gasteiger partial charge in [0.25, 0.3) is 0 Å². The van der Waals surface area contributed by atoms with Crippen LogP contribution < -0.4 is 11.1 Å². The number of hydrogen-bond donors (Lipinski definition) is 2. The maximum absolute atomic E-state index is 5.95. The predicted molar refractivity (Wildman–Crippen MR) is 84.2 cm³/mol. The number of nitrogens with zero attached hydrogens (tertiary/aromatic N) is 2. The van der Waals surface area contributed by atoms with E-state index in [4.69, 9.17) is 22.1 Å². The number of ether oxygens (including phenoxy) is 1. The second kappa shape index (κ2) is 6.88. The van der Waals surface area contributed by atoms with Gasteiger partial charge in [0.1, 0.15) is 18.2 Å². The van der Waals surface area contributed by atoms with Gasteiger partial charge in [-0.3, -0.25) is 0 Å². The molecule has 2 aromatic rings. The predicted octanol–water partition coefficient (Wildman–Crippen LogP) is 3.75. The summed E-state index contributed by atoms with van der Waals surface area (Å²) in [7, 11) is 0. The summed E-state index contributed by atoms with van der Waals surface area (Å²) < 4.78 is 6.09. The molecule has 3 N–H and O–H groups in total. The lowest BCUT2D eigenvalue weighted by Crippen LogP contribution is -2.05. The highest BCUT2D eigenvalue weighted by molar-refractivity contribution is 9.10. The fraction of sp³-hybridized carbons (Fsp3) is 0.231. The zero-order chi connectivity index (χ0) is 14.5. The van der Waals surface area contributed by atoms with Crippen molar-refractivity contribution in [3.8, 4) is 0 Å². The van der Waals surface area contributed by atoms with E-state index < -0.39 is 0 Å². The van der Waals surface area contributed by atoms with E-state index >= 15 is 0 Å². The third-order valence-corrected chi connectivity index (χ3v) is 3.63. The topological polar surface area (TPSA) is 73.1 Å².